The summed E-state index contributed by atoms with van der Waals surface area (Å²) in [7, 11) is 0. The number of ether oxygens (including phenoxy) is 1. The fourth-order valence-corrected chi connectivity index (χ4v) is 2.82. The molecule has 2 aromatic heterocycles. The lowest BCUT2D eigenvalue weighted by atomic mass is 10.2. The quantitative estimate of drug-likeness (QED) is 0.616. The van der Waals surface area contributed by atoms with Crippen LogP contribution in [0.15, 0.2) is 35.2 Å². The summed E-state index contributed by atoms with van der Waals surface area (Å²) in [5.41, 5.74) is -1.03. The molecule has 0 aliphatic heterocycles. The third kappa shape index (κ3) is 5.15. The maximum Gasteiger partial charge on any atom is 0.417 e. The van der Waals surface area contributed by atoms with Gasteiger partial charge in [-0.3, -0.25) is 9.78 Å². The zero-order valence-corrected chi connectivity index (χ0v) is 16.0. The predicted molar refractivity (Wildman–Crippen MR) is 92.8 cm³/mol. The molecule has 0 aliphatic rings. The third-order valence-electron chi connectivity index (χ3n) is 3.74. The van der Waals surface area contributed by atoms with Crippen LogP contribution >= 0.6 is 15.9 Å². The predicted octanol–water partition coefficient (Wildman–Crippen LogP) is 4.33. The average Bonchev–Trinajstić information content (AvgIpc) is 2.60. The van der Waals surface area contributed by atoms with Crippen LogP contribution in [0.2, 0.25) is 0 Å². The van der Waals surface area contributed by atoms with Crippen molar-refractivity contribution in [2.24, 2.45) is 0 Å². The van der Waals surface area contributed by atoms with E-state index in [1.165, 1.54) is 11.1 Å². The second-order valence-corrected chi connectivity index (χ2v) is 6.47. The molecule has 1 unspecified atom stereocenters. The van der Waals surface area contributed by atoms with Gasteiger partial charge in [0.25, 0.3) is 5.91 Å². The highest BCUT2D eigenvalue weighted by molar-refractivity contribution is 9.10. The Morgan fingerprint density at radius 1 is 1.30 bits per heavy atom. The van der Waals surface area contributed by atoms with Crippen LogP contribution in [-0.2, 0) is 6.18 Å². The van der Waals surface area contributed by atoms with E-state index in [0.29, 0.717) is 6.20 Å². The molecule has 0 N–H and O–H groups in total. The van der Waals surface area contributed by atoms with Crippen molar-refractivity contribution < 1.29 is 27.1 Å². The fourth-order valence-electron chi connectivity index (χ4n) is 2.34. The van der Waals surface area contributed by atoms with Gasteiger partial charge in [-0.05, 0) is 35.8 Å². The van der Waals surface area contributed by atoms with Crippen LogP contribution in [0.4, 0.5) is 17.6 Å². The SMILES string of the molecule is CCN(C(=O)c1c(F)cncc1Br)C(C)COc1ccc(C(F)(F)F)cn1. The molecule has 2 aromatic rings. The monoisotopic (exact) mass is 449 g/mol. The largest absolute Gasteiger partial charge is 0.475 e. The normalized spacial score (nSPS) is 12.6. The zero-order chi connectivity index (χ0) is 20.2. The Labute approximate surface area is 161 Å². The van der Waals surface area contributed by atoms with Crippen LogP contribution < -0.4 is 4.74 Å². The van der Waals surface area contributed by atoms with Gasteiger partial charge in [0.1, 0.15) is 6.61 Å². The molecular formula is C17H16BrF4N3O2. The van der Waals surface area contributed by atoms with Gasteiger partial charge in [-0.1, -0.05) is 0 Å². The molecule has 5 nitrogen and oxygen atoms in total. The average molecular weight is 450 g/mol. The fraction of sp³-hybridized carbons (Fsp3) is 0.353. The molecule has 0 aromatic carbocycles. The highest BCUT2D eigenvalue weighted by Gasteiger charge is 2.31. The van der Waals surface area contributed by atoms with Gasteiger partial charge in [0.2, 0.25) is 5.88 Å². The van der Waals surface area contributed by atoms with E-state index in [0.717, 1.165) is 18.3 Å². The number of nitrogens with zero attached hydrogens (tertiary/aromatic N) is 3. The third-order valence-corrected chi connectivity index (χ3v) is 4.34. The number of hydrogen-bond acceptors (Lipinski definition) is 4. The van der Waals surface area contributed by atoms with Crippen LogP contribution in [0.5, 0.6) is 5.88 Å². The van der Waals surface area contributed by atoms with E-state index in [-0.39, 0.29) is 29.1 Å². The van der Waals surface area contributed by atoms with Crippen molar-refractivity contribution in [2.75, 3.05) is 13.2 Å². The van der Waals surface area contributed by atoms with Crippen LogP contribution in [0.3, 0.4) is 0 Å². The molecular weight excluding hydrogens is 434 g/mol. The molecule has 2 heterocycles. The minimum Gasteiger partial charge on any atom is -0.475 e. The molecule has 0 aliphatic carbocycles. The summed E-state index contributed by atoms with van der Waals surface area (Å²) >= 11 is 3.11. The van der Waals surface area contributed by atoms with Crippen molar-refractivity contribution in [1.29, 1.82) is 0 Å². The minimum absolute atomic E-state index is 0.00498. The summed E-state index contributed by atoms with van der Waals surface area (Å²) in [5, 5.41) is 0. The van der Waals surface area contributed by atoms with E-state index in [1.54, 1.807) is 13.8 Å². The lowest BCUT2D eigenvalue weighted by Gasteiger charge is -2.28. The van der Waals surface area contributed by atoms with E-state index in [2.05, 4.69) is 25.9 Å². The first-order valence-corrected chi connectivity index (χ1v) is 8.70. The lowest BCUT2D eigenvalue weighted by molar-refractivity contribution is -0.137. The van der Waals surface area contributed by atoms with E-state index >= 15 is 0 Å². The van der Waals surface area contributed by atoms with Crippen molar-refractivity contribution in [3.63, 3.8) is 0 Å². The number of amides is 1. The Kier molecular flexibility index (Phi) is 6.74. The first kappa shape index (κ1) is 21.1. The summed E-state index contributed by atoms with van der Waals surface area (Å²) < 4.78 is 57.2. The van der Waals surface area contributed by atoms with Crippen molar-refractivity contribution >= 4 is 21.8 Å². The Balaban J connectivity index is 2.07. The number of rotatable bonds is 6. The van der Waals surface area contributed by atoms with Crippen molar-refractivity contribution in [3.8, 4) is 5.88 Å². The van der Waals surface area contributed by atoms with Gasteiger partial charge in [0.15, 0.2) is 5.82 Å². The summed E-state index contributed by atoms with van der Waals surface area (Å²) in [6, 6.07) is 1.48. The highest BCUT2D eigenvalue weighted by Crippen LogP contribution is 2.29. The van der Waals surface area contributed by atoms with Gasteiger partial charge >= 0.3 is 6.18 Å². The van der Waals surface area contributed by atoms with Crippen molar-refractivity contribution in [3.05, 3.63) is 52.1 Å². The molecule has 0 spiro atoms. The molecule has 0 bridgehead atoms. The second-order valence-electron chi connectivity index (χ2n) is 5.61. The summed E-state index contributed by atoms with van der Waals surface area (Å²) in [5.74, 6) is -1.32. The Morgan fingerprint density at radius 2 is 2.00 bits per heavy atom. The minimum atomic E-state index is -4.48. The van der Waals surface area contributed by atoms with E-state index in [4.69, 9.17) is 4.74 Å². The molecule has 1 atom stereocenters. The molecule has 2 rings (SSSR count). The van der Waals surface area contributed by atoms with Gasteiger partial charge in [0.05, 0.1) is 27.8 Å². The Bertz CT molecular complexity index is 780. The molecule has 146 valence electrons. The first-order valence-electron chi connectivity index (χ1n) is 7.91. The maximum absolute atomic E-state index is 14.0. The Morgan fingerprint density at radius 3 is 2.52 bits per heavy atom. The number of pyridine rings is 2. The molecule has 0 radical (unpaired) electrons. The van der Waals surface area contributed by atoms with Crippen LogP contribution in [-0.4, -0.2) is 40.0 Å². The van der Waals surface area contributed by atoms with Gasteiger partial charge < -0.3 is 9.64 Å². The number of aromatic nitrogens is 2. The standard InChI is InChI=1S/C17H16BrF4N3O2/c1-3-25(16(26)15-12(18)7-23-8-13(15)19)10(2)9-27-14-5-4-11(6-24-14)17(20,21)22/h4-8,10H,3,9H2,1-2H3. The molecule has 10 heteroatoms. The molecule has 0 fully saturated rings. The van der Waals surface area contributed by atoms with Crippen LogP contribution in [0.25, 0.3) is 0 Å². The second kappa shape index (κ2) is 8.64. The van der Waals surface area contributed by atoms with Crippen LogP contribution in [0.1, 0.15) is 29.8 Å². The summed E-state index contributed by atoms with van der Waals surface area (Å²) in [6.07, 6.45) is -1.55. The summed E-state index contributed by atoms with van der Waals surface area (Å²) in [4.78, 5) is 21.3. The van der Waals surface area contributed by atoms with E-state index in [9.17, 15) is 22.4 Å². The number of carbonyl (C=O) groups is 1. The first-order chi connectivity index (χ1) is 12.6. The number of likely N-dealkylation sites (N-methyl/N-ethyl adjacent to an activating group) is 1. The molecule has 0 saturated heterocycles. The maximum atomic E-state index is 14.0. The lowest BCUT2D eigenvalue weighted by Crippen LogP contribution is -2.42. The van der Waals surface area contributed by atoms with Gasteiger partial charge in [-0.2, -0.15) is 13.2 Å². The van der Waals surface area contributed by atoms with E-state index in [1.807, 2.05) is 0 Å². The molecule has 1 amide bonds. The van der Waals surface area contributed by atoms with Gasteiger partial charge in [0, 0.05) is 25.0 Å². The highest BCUT2D eigenvalue weighted by atomic mass is 79.9. The van der Waals surface area contributed by atoms with Crippen molar-refractivity contribution in [1.82, 2.24) is 14.9 Å². The summed E-state index contributed by atoms with van der Waals surface area (Å²) in [6.45, 7) is 3.65. The topological polar surface area (TPSA) is 55.3 Å². The molecule has 0 saturated carbocycles. The van der Waals surface area contributed by atoms with Crippen LogP contribution in [0, 0.1) is 5.82 Å². The molecule has 27 heavy (non-hydrogen) atoms. The number of carbonyl (C=O) groups excluding carboxylic acids is 1. The number of halogens is 5. The van der Waals surface area contributed by atoms with Gasteiger partial charge in [-0.25, -0.2) is 9.37 Å². The number of hydrogen-bond donors (Lipinski definition) is 0. The number of alkyl halides is 3. The smallest absolute Gasteiger partial charge is 0.417 e. The van der Waals surface area contributed by atoms with E-state index < -0.39 is 29.5 Å². The van der Waals surface area contributed by atoms with Crippen molar-refractivity contribution in [2.45, 2.75) is 26.1 Å². The Hall–Kier alpha value is -2.23. The zero-order valence-electron chi connectivity index (χ0n) is 14.4. The van der Waals surface area contributed by atoms with Gasteiger partial charge in [-0.15, -0.1) is 0 Å².